The Labute approximate surface area is 92.6 Å². The number of nitrogen functional groups attached to an aromatic ring is 1. The molecule has 0 spiro atoms. The highest BCUT2D eigenvalue weighted by atomic mass is 19.2. The summed E-state index contributed by atoms with van der Waals surface area (Å²) in [5.74, 6) is -1.84. The predicted molar refractivity (Wildman–Crippen MR) is 58.2 cm³/mol. The molecule has 5 heteroatoms. The van der Waals surface area contributed by atoms with E-state index in [2.05, 4.69) is 5.32 Å². The lowest BCUT2D eigenvalue weighted by Crippen LogP contribution is -2.35. The van der Waals surface area contributed by atoms with Crippen molar-refractivity contribution in [2.45, 2.75) is 18.9 Å². The Bertz CT molecular complexity index is 403. The zero-order chi connectivity index (χ0) is 11.8. The van der Waals surface area contributed by atoms with Gasteiger partial charge in [-0.2, -0.15) is 0 Å². The Morgan fingerprint density at radius 1 is 1.44 bits per heavy atom. The van der Waals surface area contributed by atoms with Crippen molar-refractivity contribution in [2.24, 2.45) is 0 Å². The Balaban J connectivity index is 2.30. The summed E-state index contributed by atoms with van der Waals surface area (Å²) in [6, 6.07) is 2.36. The molecule has 0 aromatic heterocycles. The third-order valence-corrected chi connectivity index (χ3v) is 2.77. The van der Waals surface area contributed by atoms with Gasteiger partial charge in [-0.25, -0.2) is 8.78 Å². The van der Waals surface area contributed by atoms with Gasteiger partial charge < -0.3 is 15.8 Å². The highest BCUT2D eigenvalue weighted by molar-refractivity contribution is 5.67. The van der Waals surface area contributed by atoms with Crippen molar-refractivity contribution >= 4 is 11.4 Å². The molecule has 0 radical (unpaired) electrons. The van der Waals surface area contributed by atoms with Crippen molar-refractivity contribution in [1.29, 1.82) is 0 Å². The van der Waals surface area contributed by atoms with Crippen molar-refractivity contribution < 1.29 is 13.5 Å². The quantitative estimate of drug-likeness (QED) is 0.762. The van der Waals surface area contributed by atoms with Gasteiger partial charge in [-0.1, -0.05) is 0 Å². The van der Waals surface area contributed by atoms with E-state index in [1.807, 2.05) is 6.92 Å². The largest absolute Gasteiger partial charge is 0.397 e. The van der Waals surface area contributed by atoms with E-state index >= 15 is 0 Å². The minimum absolute atomic E-state index is 0.0213. The van der Waals surface area contributed by atoms with Crippen molar-refractivity contribution in [3.63, 3.8) is 0 Å². The Morgan fingerprint density at radius 2 is 2.19 bits per heavy atom. The minimum Gasteiger partial charge on any atom is -0.397 e. The van der Waals surface area contributed by atoms with Gasteiger partial charge in [-0.15, -0.1) is 0 Å². The van der Waals surface area contributed by atoms with E-state index < -0.39 is 11.6 Å². The highest BCUT2D eigenvalue weighted by Crippen LogP contribution is 2.30. The maximum Gasteiger partial charge on any atom is 0.183 e. The zero-order valence-corrected chi connectivity index (χ0v) is 9.02. The molecule has 1 aromatic rings. The molecule has 0 aliphatic carbocycles. The average molecular weight is 228 g/mol. The van der Waals surface area contributed by atoms with Crippen LogP contribution in [-0.2, 0) is 4.74 Å². The van der Waals surface area contributed by atoms with Crippen molar-refractivity contribution in [3.8, 4) is 0 Å². The van der Waals surface area contributed by atoms with Crippen LogP contribution < -0.4 is 11.1 Å². The average Bonchev–Trinajstić information content (AvgIpc) is 2.66. The van der Waals surface area contributed by atoms with Crippen LogP contribution >= 0.6 is 0 Å². The van der Waals surface area contributed by atoms with Crippen molar-refractivity contribution in [3.05, 3.63) is 23.8 Å². The molecule has 1 aliphatic rings. The van der Waals surface area contributed by atoms with E-state index in [-0.39, 0.29) is 16.9 Å². The third-order valence-electron chi connectivity index (χ3n) is 2.77. The van der Waals surface area contributed by atoms with Gasteiger partial charge in [0.15, 0.2) is 11.6 Å². The minimum atomic E-state index is -0.937. The molecule has 3 N–H and O–H groups in total. The first-order valence-electron chi connectivity index (χ1n) is 5.11. The van der Waals surface area contributed by atoms with Gasteiger partial charge in [-0.05, 0) is 25.5 Å². The smallest absolute Gasteiger partial charge is 0.183 e. The summed E-state index contributed by atoms with van der Waals surface area (Å²) in [5, 5.41) is 2.93. The van der Waals surface area contributed by atoms with Crippen LogP contribution in [0.2, 0.25) is 0 Å². The van der Waals surface area contributed by atoms with E-state index in [4.69, 9.17) is 10.5 Å². The fourth-order valence-corrected chi connectivity index (χ4v) is 1.76. The predicted octanol–water partition coefficient (Wildman–Crippen LogP) is 2.14. The lowest BCUT2D eigenvalue weighted by Gasteiger charge is -2.26. The number of anilines is 2. The number of rotatable bonds is 2. The summed E-state index contributed by atoms with van der Waals surface area (Å²) in [6.07, 6.45) is 0.738. The lowest BCUT2D eigenvalue weighted by atomic mass is 10.0. The van der Waals surface area contributed by atoms with Gasteiger partial charge in [0, 0.05) is 6.61 Å². The molecule has 1 fully saturated rings. The fraction of sp³-hybridized carbons (Fsp3) is 0.455. The van der Waals surface area contributed by atoms with Crippen LogP contribution in [0.1, 0.15) is 13.3 Å². The number of nitrogens with one attached hydrogen (secondary N) is 1. The first-order valence-corrected chi connectivity index (χ1v) is 5.11. The summed E-state index contributed by atoms with van der Waals surface area (Å²) in [6.45, 7) is 2.96. The van der Waals surface area contributed by atoms with Gasteiger partial charge >= 0.3 is 0 Å². The standard InChI is InChI=1S/C11H14F2N2O/c1-11(4-5-16-6-11)15-10-8(14)3-2-7(12)9(10)13/h2-3,15H,4-6,14H2,1H3. The molecule has 2 rings (SSSR count). The number of hydrogen-bond acceptors (Lipinski definition) is 3. The van der Waals surface area contributed by atoms with Crippen LogP contribution in [0.4, 0.5) is 20.2 Å². The molecule has 1 heterocycles. The Kier molecular flexibility index (Phi) is 2.71. The summed E-state index contributed by atoms with van der Waals surface area (Å²) in [4.78, 5) is 0. The molecule has 0 amide bonds. The molecular formula is C11H14F2N2O. The van der Waals surface area contributed by atoms with Crippen LogP contribution in [-0.4, -0.2) is 18.8 Å². The Hall–Kier alpha value is -1.36. The number of nitrogens with two attached hydrogens (primary N) is 1. The van der Waals surface area contributed by atoms with E-state index in [1.165, 1.54) is 6.07 Å². The van der Waals surface area contributed by atoms with Crippen LogP contribution in [0.15, 0.2) is 12.1 Å². The molecule has 1 aromatic carbocycles. The van der Waals surface area contributed by atoms with Crippen LogP contribution in [0.5, 0.6) is 0 Å². The Morgan fingerprint density at radius 3 is 2.81 bits per heavy atom. The van der Waals surface area contributed by atoms with E-state index in [9.17, 15) is 8.78 Å². The van der Waals surface area contributed by atoms with E-state index in [1.54, 1.807) is 0 Å². The van der Waals surface area contributed by atoms with Gasteiger partial charge in [-0.3, -0.25) is 0 Å². The molecule has 88 valence electrons. The number of benzene rings is 1. The normalized spacial score (nSPS) is 24.7. The topological polar surface area (TPSA) is 47.3 Å². The maximum absolute atomic E-state index is 13.5. The summed E-state index contributed by atoms with van der Waals surface area (Å²) >= 11 is 0. The van der Waals surface area contributed by atoms with Crippen molar-refractivity contribution in [1.82, 2.24) is 0 Å². The fourth-order valence-electron chi connectivity index (χ4n) is 1.76. The number of halogens is 2. The second kappa shape index (κ2) is 3.90. The molecular weight excluding hydrogens is 214 g/mol. The zero-order valence-electron chi connectivity index (χ0n) is 9.02. The number of hydrogen-bond donors (Lipinski definition) is 2. The van der Waals surface area contributed by atoms with E-state index in [0.717, 1.165) is 12.5 Å². The second-order valence-corrected chi connectivity index (χ2v) is 4.31. The van der Waals surface area contributed by atoms with E-state index in [0.29, 0.717) is 13.2 Å². The van der Waals surface area contributed by atoms with Gasteiger partial charge in [0.25, 0.3) is 0 Å². The third kappa shape index (κ3) is 1.95. The summed E-state index contributed by atoms with van der Waals surface area (Å²) in [5.41, 5.74) is 5.45. The molecule has 0 saturated carbocycles. The number of ether oxygens (including phenoxy) is 1. The first kappa shape index (κ1) is 11.1. The summed E-state index contributed by atoms with van der Waals surface area (Å²) < 4.78 is 31.8. The molecule has 1 saturated heterocycles. The monoisotopic (exact) mass is 228 g/mol. The van der Waals surface area contributed by atoms with Crippen LogP contribution in [0.25, 0.3) is 0 Å². The summed E-state index contributed by atoms with van der Waals surface area (Å²) in [7, 11) is 0. The second-order valence-electron chi connectivity index (χ2n) is 4.31. The van der Waals surface area contributed by atoms with Gasteiger partial charge in [0.05, 0.1) is 23.5 Å². The SMILES string of the molecule is CC1(Nc2c(N)ccc(F)c2F)CCOC1. The first-order chi connectivity index (χ1) is 7.52. The molecule has 0 bridgehead atoms. The van der Waals surface area contributed by atoms with Crippen LogP contribution in [0.3, 0.4) is 0 Å². The lowest BCUT2D eigenvalue weighted by molar-refractivity contribution is 0.185. The molecule has 3 nitrogen and oxygen atoms in total. The molecule has 1 unspecified atom stereocenters. The highest BCUT2D eigenvalue weighted by Gasteiger charge is 2.31. The van der Waals surface area contributed by atoms with Gasteiger partial charge in [0.1, 0.15) is 0 Å². The van der Waals surface area contributed by atoms with Crippen molar-refractivity contribution in [2.75, 3.05) is 24.3 Å². The van der Waals surface area contributed by atoms with Crippen LogP contribution in [0, 0.1) is 11.6 Å². The van der Waals surface area contributed by atoms with Gasteiger partial charge in [0.2, 0.25) is 0 Å². The maximum atomic E-state index is 13.5. The molecule has 1 atom stereocenters. The molecule has 16 heavy (non-hydrogen) atoms. The molecule has 1 aliphatic heterocycles.